The van der Waals surface area contributed by atoms with E-state index in [2.05, 4.69) is 12.2 Å². The highest BCUT2D eigenvalue weighted by Gasteiger charge is 2.38. The SMILES string of the molecule is CCN(C(=O)NC1CCCC1)C1(CN)CCCCCC1. The molecular formula is C16H31N3O. The molecule has 0 aromatic rings. The summed E-state index contributed by atoms with van der Waals surface area (Å²) in [5, 5.41) is 3.24. The van der Waals surface area contributed by atoms with Crippen molar-refractivity contribution in [3.63, 3.8) is 0 Å². The number of urea groups is 1. The van der Waals surface area contributed by atoms with Crippen LogP contribution in [-0.2, 0) is 0 Å². The fraction of sp³-hybridized carbons (Fsp3) is 0.938. The molecule has 4 nitrogen and oxygen atoms in total. The molecule has 0 aromatic heterocycles. The number of hydrogen-bond acceptors (Lipinski definition) is 2. The van der Waals surface area contributed by atoms with Crippen molar-refractivity contribution in [2.75, 3.05) is 13.1 Å². The Kier molecular flexibility index (Phi) is 5.70. The Morgan fingerprint density at radius 3 is 2.25 bits per heavy atom. The summed E-state index contributed by atoms with van der Waals surface area (Å²) in [7, 11) is 0. The highest BCUT2D eigenvalue weighted by atomic mass is 16.2. The van der Waals surface area contributed by atoms with Crippen molar-refractivity contribution in [1.82, 2.24) is 10.2 Å². The van der Waals surface area contributed by atoms with Crippen molar-refractivity contribution in [3.05, 3.63) is 0 Å². The molecule has 0 saturated heterocycles. The van der Waals surface area contributed by atoms with Gasteiger partial charge in [0.2, 0.25) is 0 Å². The summed E-state index contributed by atoms with van der Waals surface area (Å²) in [6.45, 7) is 3.44. The van der Waals surface area contributed by atoms with Crippen LogP contribution >= 0.6 is 0 Å². The lowest BCUT2D eigenvalue weighted by Gasteiger charge is -2.43. The minimum atomic E-state index is -0.103. The first kappa shape index (κ1) is 15.6. The Hall–Kier alpha value is -0.770. The number of rotatable bonds is 4. The molecule has 2 fully saturated rings. The molecule has 3 N–H and O–H groups in total. The van der Waals surface area contributed by atoms with E-state index < -0.39 is 0 Å². The predicted molar refractivity (Wildman–Crippen MR) is 82.7 cm³/mol. The largest absolute Gasteiger partial charge is 0.335 e. The van der Waals surface area contributed by atoms with Gasteiger partial charge in [0.25, 0.3) is 0 Å². The van der Waals surface area contributed by atoms with Gasteiger partial charge >= 0.3 is 6.03 Å². The van der Waals surface area contributed by atoms with Gasteiger partial charge in [0.05, 0.1) is 5.54 Å². The molecule has 0 spiro atoms. The number of nitrogens with two attached hydrogens (primary N) is 1. The lowest BCUT2D eigenvalue weighted by atomic mass is 9.88. The second-order valence-electron chi connectivity index (χ2n) is 6.52. The highest BCUT2D eigenvalue weighted by Crippen LogP contribution is 2.32. The number of hydrogen-bond donors (Lipinski definition) is 2. The van der Waals surface area contributed by atoms with Crippen LogP contribution in [0.4, 0.5) is 4.79 Å². The van der Waals surface area contributed by atoms with Crippen molar-refractivity contribution < 1.29 is 4.79 Å². The highest BCUT2D eigenvalue weighted by molar-refractivity contribution is 5.75. The average Bonchev–Trinajstić information content (AvgIpc) is 2.83. The van der Waals surface area contributed by atoms with Gasteiger partial charge in [0, 0.05) is 19.1 Å². The molecule has 2 amide bonds. The van der Waals surface area contributed by atoms with Gasteiger partial charge in [-0.2, -0.15) is 0 Å². The summed E-state index contributed by atoms with van der Waals surface area (Å²) in [5.41, 5.74) is 6.01. The van der Waals surface area contributed by atoms with E-state index >= 15 is 0 Å². The minimum absolute atomic E-state index is 0.103. The first-order valence-corrected chi connectivity index (χ1v) is 8.50. The summed E-state index contributed by atoms with van der Waals surface area (Å²) >= 11 is 0. The molecule has 20 heavy (non-hydrogen) atoms. The first-order chi connectivity index (χ1) is 9.72. The van der Waals surface area contributed by atoms with Crippen LogP contribution in [0.25, 0.3) is 0 Å². The van der Waals surface area contributed by atoms with Crippen molar-refractivity contribution in [1.29, 1.82) is 0 Å². The normalized spacial score (nSPS) is 23.3. The average molecular weight is 281 g/mol. The molecule has 0 radical (unpaired) electrons. The molecule has 0 unspecified atom stereocenters. The van der Waals surface area contributed by atoms with Crippen molar-refractivity contribution in [2.45, 2.75) is 82.7 Å². The summed E-state index contributed by atoms with van der Waals surface area (Å²) in [4.78, 5) is 14.7. The van der Waals surface area contributed by atoms with Gasteiger partial charge in [-0.1, -0.05) is 38.5 Å². The van der Waals surface area contributed by atoms with E-state index in [9.17, 15) is 4.79 Å². The predicted octanol–water partition coefficient (Wildman–Crippen LogP) is 3.01. The van der Waals surface area contributed by atoms with Crippen molar-refractivity contribution in [2.24, 2.45) is 5.73 Å². The third-order valence-electron chi connectivity index (χ3n) is 5.23. The van der Waals surface area contributed by atoms with Crippen LogP contribution in [0.15, 0.2) is 0 Å². The van der Waals surface area contributed by atoms with E-state index in [1.807, 2.05) is 4.90 Å². The molecule has 4 heteroatoms. The van der Waals surface area contributed by atoms with Gasteiger partial charge in [-0.25, -0.2) is 4.79 Å². The lowest BCUT2D eigenvalue weighted by molar-refractivity contribution is 0.105. The Morgan fingerprint density at radius 2 is 1.75 bits per heavy atom. The Labute approximate surface area is 123 Å². The van der Waals surface area contributed by atoms with Crippen LogP contribution < -0.4 is 11.1 Å². The number of nitrogens with one attached hydrogen (secondary N) is 1. The number of nitrogens with zero attached hydrogens (tertiary/aromatic N) is 1. The van der Waals surface area contributed by atoms with Crippen LogP contribution in [0.5, 0.6) is 0 Å². The van der Waals surface area contributed by atoms with Crippen LogP contribution in [0.2, 0.25) is 0 Å². The number of carbonyl (C=O) groups excluding carboxylic acids is 1. The monoisotopic (exact) mass is 281 g/mol. The molecule has 116 valence electrons. The Bertz CT molecular complexity index is 305. The van der Waals surface area contributed by atoms with E-state index in [0.717, 1.165) is 32.2 Å². The minimum Gasteiger partial charge on any atom is -0.335 e. The summed E-state index contributed by atoms with van der Waals surface area (Å²) < 4.78 is 0. The Morgan fingerprint density at radius 1 is 1.15 bits per heavy atom. The maximum atomic E-state index is 12.7. The lowest BCUT2D eigenvalue weighted by Crippen LogP contribution is -2.59. The number of carbonyl (C=O) groups is 1. The van der Waals surface area contributed by atoms with Crippen LogP contribution in [0.3, 0.4) is 0 Å². The molecule has 0 aromatic carbocycles. The fourth-order valence-electron chi connectivity index (χ4n) is 3.99. The van der Waals surface area contributed by atoms with E-state index in [0.29, 0.717) is 12.6 Å². The second-order valence-corrected chi connectivity index (χ2v) is 6.52. The molecule has 0 heterocycles. The summed E-state index contributed by atoms with van der Waals surface area (Å²) in [6.07, 6.45) is 11.9. The van der Waals surface area contributed by atoms with Gasteiger partial charge in [-0.3, -0.25) is 0 Å². The first-order valence-electron chi connectivity index (χ1n) is 8.50. The third kappa shape index (κ3) is 3.46. The standard InChI is InChI=1S/C16H31N3O/c1-2-19(15(20)18-14-9-5-6-10-14)16(13-17)11-7-3-4-8-12-16/h14H,2-13,17H2,1H3,(H,18,20). The fourth-order valence-corrected chi connectivity index (χ4v) is 3.99. The van der Waals surface area contributed by atoms with Crippen LogP contribution in [0.1, 0.15) is 71.1 Å². The molecule has 2 aliphatic carbocycles. The zero-order valence-electron chi connectivity index (χ0n) is 13.0. The molecule has 0 aliphatic heterocycles. The summed E-state index contributed by atoms with van der Waals surface area (Å²) in [5.74, 6) is 0. The Balaban J connectivity index is 2.04. The third-order valence-corrected chi connectivity index (χ3v) is 5.23. The summed E-state index contributed by atoms with van der Waals surface area (Å²) in [6, 6.07) is 0.504. The quantitative estimate of drug-likeness (QED) is 0.778. The van der Waals surface area contributed by atoms with Crippen molar-refractivity contribution in [3.8, 4) is 0 Å². The van der Waals surface area contributed by atoms with Crippen LogP contribution in [0, 0.1) is 0 Å². The van der Waals surface area contributed by atoms with Gasteiger partial charge in [0.15, 0.2) is 0 Å². The molecule has 2 rings (SSSR count). The molecule has 2 saturated carbocycles. The van der Waals surface area contributed by atoms with Gasteiger partial charge < -0.3 is 16.0 Å². The van der Waals surface area contributed by atoms with E-state index in [1.54, 1.807) is 0 Å². The maximum Gasteiger partial charge on any atom is 0.318 e. The van der Waals surface area contributed by atoms with Gasteiger partial charge in [-0.15, -0.1) is 0 Å². The zero-order valence-corrected chi connectivity index (χ0v) is 13.0. The smallest absolute Gasteiger partial charge is 0.318 e. The topological polar surface area (TPSA) is 58.4 Å². The van der Waals surface area contributed by atoms with E-state index in [1.165, 1.54) is 38.5 Å². The molecule has 2 aliphatic rings. The zero-order chi connectivity index (χ0) is 14.4. The number of amides is 2. The number of likely N-dealkylation sites (N-methyl/N-ethyl adjacent to an activating group) is 1. The van der Waals surface area contributed by atoms with Crippen LogP contribution in [-0.4, -0.2) is 35.6 Å². The van der Waals surface area contributed by atoms with Gasteiger partial charge in [0.1, 0.15) is 0 Å². The second kappa shape index (κ2) is 7.30. The maximum absolute atomic E-state index is 12.7. The molecule has 0 atom stereocenters. The van der Waals surface area contributed by atoms with Crippen molar-refractivity contribution >= 4 is 6.03 Å². The van der Waals surface area contributed by atoms with E-state index in [-0.39, 0.29) is 11.6 Å². The molecule has 0 bridgehead atoms. The van der Waals surface area contributed by atoms with E-state index in [4.69, 9.17) is 5.73 Å². The molecular weight excluding hydrogens is 250 g/mol. The van der Waals surface area contributed by atoms with Gasteiger partial charge in [-0.05, 0) is 32.6 Å².